The third-order valence-electron chi connectivity index (χ3n) is 4.04. The lowest BCUT2D eigenvalue weighted by Gasteiger charge is -2.20. The van der Waals surface area contributed by atoms with Gasteiger partial charge in [0.2, 0.25) is 5.91 Å². The van der Waals surface area contributed by atoms with Crippen molar-refractivity contribution in [3.63, 3.8) is 0 Å². The number of aliphatic hydroxyl groups is 1. The van der Waals surface area contributed by atoms with Crippen LogP contribution >= 0.6 is 11.3 Å². The first-order chi connectivity index (χ1) is 9.90. The molecular weight excluding hydrogens is 288 g/mol. The maximum atomic E-state index is 11.8. The fourth-order valence-corrected chi connectivity index (χ4v) is 3.22. The molecule has 0 aliphatic heterocycles. The maximum Gasteiger partial charge on any atom is 0.307 e. The molecule has 1 aromatic heterocycles. The molecule has 0 spiro atoms. The summed E-state index contributed by atoms with van der Waals surface area (Å²) in [6.45, 7) is 8.54. The average molecular weight is 314 g/mol. The van der Waals surface area contributed by atoms with Crippen LogP contribution in [0.4, 0.5) is 0 Å². The van der Waals surface area contributed by atoms with E-state index in [0.717, 1.165) is 23.4 Å². The van der Waals surface area contributed by atoms with Crippen molar-refractivity contribution in [3.8, 4) is 0 Å². The fourth-order valence-electron chi connectivity index (χ4n) is 2.37. The highest BCUT2D eigenvalue weighted by atomic mass is 32.1. The number of carbonyl (C=O) groups excluding carboxylic acids is 1. The smallest absolute Gasteiger partial charge is 0.307 e. The van der Waals surface area contributed by atoms with Gasteiger partial charge in [0, 0.05) is 30.1 Å². The van der Waals surface area contributed by atoms with Gasteiger partial charge in [-0.1, -0.05) is 38.0 Å². The van der Waals surface area contributed by atoms with Crippen molar-refractivity contribution in [1.29, 1.82) is 0 Å². The summed E-state index contributed by atoms with van der Waals surface area (Å²) in [5.41, 5.74) is 0.926. The quantitative estimate of drug-likeness (QED) is 0.769. The highest BCUT2D eigenvalue weighted by molar-refractivity contribution is 7.09. The van der Waals surface area contributed by atoms with Gasteiger partial charge < -0.3 is 15.0 Å². The van der Waals surface area contributed by atoms with Crippen LogP contribution in [0.2, 0.25) is 0 Å². The van der Waals surface area contributed by atoms with Gasteiger partial charge in [0.15, 0.2) is 0 Å². The van der Waals surface area contributed by atoms with E-state index in [9.17, 15) is 14.7 Å². The Bertz CT molecular complexity index is 517. The van der Waals surface area contributed by atoms with Gasteiger partial charge >= 0.3 is 4.87 Å². The number of nitrogens with zero attached hydrogens (tertiary/aromatic N) is 1. The summed E-state index contributed by atoms with van der Waals surface area (Å²) in [6.07, 6.45) is 1.55. The summed E-state index contributed by atoms with van der Waals surface area (Å²) in [7, 11) is 0. The van der Waals surface area contributed by atoms with E-state index in [1.807, 2.05) is 27.7 Å². The summed E-state index contributed by atoms with van der Waals surface area (Å²) in [6, 6.07) is 0. The number of rotatable bonds is 8. The van der Waals surface area contributed by atoms with Crippen LogP contribution in [-0.4, -0.2) is 28.2 Å². The Morgan fingerprint density at radius 3 is 2.43 bits per heavy atom. The summed E-state index contributed by atoms with van der Waals surface area (Å²) in [4.78, 5) is 24.5. The molecule has 0 saturated carbocycles. The summed E-state index contributed by atoms with van der Waals surface area (Å²) < 4.78 is 1.64. The minimum Gasteiger partial charge on any atom is -0.391 e. The van der Waals surface area contributed by atoms with Gasteiger partial charge in [-0.05, 0) is 19.8 Å². The van der Waals surface area contributed by atoms with Crippen molar-refractivity contribution in [2.24, 2.45) is 5.92 Å². The Hall–Kier alpha value is -1.14. The Morgan fingerprint density at radius 2 is 1.95 bits per heavy atom. The lowest BCUT2D eigenvalue weighted by atomic mass is 9.96. The molecule has 0 radical (unpaired) electrons. The van der Waals surface area contributed by atoms with Crippen LogP contribution in [0.5, 0.6) is 0 Å². The summed E-state index contributed by atoms with van der Waals surface area (Å²) in [5.74, 6) is 0.0878. The third-order valence-corrected chi connectivity index (χ3v) is 5.04. The van der Waals surface area contributed by atoms with Gasteiger partial charge in [0.05, 0.1) is 6.10 Å². The second-order valence-electron chi connectivity index (χ2n) is 5.36. The van der Waals surface area contributed by atoms with Gasteiger partial charge in [-0.15, -0.1) is 0 Å². The number of hydrogen-bond donors (Lipinski definition) is 2. The number of amides is 1. The molecule has 1 heterocycles. The molecule has 1 unspecified atom stereocenters. The van der Waals surface area contributed by atoms with Crippen LogP contribution in [0.15, 0.2) is 4.79 Å². The summed E-state index contributed by atoms with van der Waals surface area (Å²) >= 11 is 1.21. The first kappa shape index (κ1) is 17.9. The fraction of sp³-hybridized carbons (Fsp3) is 0.733. The van der Waals surface area contributed by atoms with Crippen LogP contribution in [0.1, 0.15) is 43.7 Å². The van der Waals surface area contributed by atoms with Crippen LogP contribution in [0.3, 0.4) is 0 Å². The van der Waals surface area contributed by atoms with E-state index >= 15 is 0 Å². The highest BCUT2D eigenvalue weighted by Crippen LogP contribution is 2.12. The molecule has 6 heteroatoms. The molecule has 5 nitrogen and oxygen atoms in total. The van der Waals surface area contributed by atoms with E-state index in [1.165, 1.54) is 11.3 Å². The lowest BCUT2D eigenvalue weighted by Crippen LogP contribution is -2.36. The summed E-state index contributed by atoms with van der Waals surface area (Å²) in [5, 5.41) is 12.7. The molecular formula is C15H26N2O3S. The van der Waals surface area contributed by atoms with Crippen molar-refractivity contribution in [2.75, 3.05) is 6.54 Å². The SMILES string of the molecule is CCC(CC)C(O)CNC(=O)CCn1c(C)c(C)sc1=O. The van der Waals surface area contributed by atoms with E-state index in [0.29, 0.717) is 6.54 Å². The Kier molecular flexibility index (Phi) is 7.11. The number of thiazole rings is 1. The van der Waals surface area contributed by atoms with Crippen molar-refractivity contribution < 1.29 is 9.90 Å². The largest absolute Gasteiger partial charge is 0.391 e. The molecule has 2 N–H and O–H groups in total. The van der Waals surface area contributed by atoms with Gasteiger partial charge in [0.25, 0.3) is 0 Å². The molecule has 0 saturated heterocycles. The number of aliphatic hydroxyl groups excluding tert-OH is 1. The molecule has 120 valence electrons. The Balaban J connectivity index is 2.43. The Labute approximate surface area is 130 Å². The van der Waals surface area contributed by atoms with Crippen LogP contribution < -0.4 is 10.2 Å². The minimum absolute atomic E-state index is 0.0186. The number of nitrogens with one attached hydrogen (secondary N) is 1. The molecule has 0 bridgehead atoms. The molecule has 0 aliphatic rings. The van der Waals surface area contributed by atoms with Crippen LogP contribution in [-0.2, 0) is 11.3 Å². The number of carbonyl (C=O) groups is 1. The zero-order chi connectivity index (χ0) is 16.0. The molecule has 1 aromatic rings. The van der Waals surface area contributed by atoms with Gasteiger partial charge in [-0.25, -0.2) is 0 Å². The van der Waals surface area contributed by atoms with E-state index in [1.54, 1.807) is 4.57 Å². The predicted molar refractivity (Wildman–Crippen MR) is 85.8 cm³/mol. The minimum atomic E-state index is -0.503. The molecule has 0 fully saturated rings. The monoisotopic (exact) mass is 314 g/mol. The van der Waals surface area contributed by atoms with E-state index in [2.05, 4.69) is 5.32 Å². The van der Waals surface area contributed by atoms with Crippen molar-refractivity contribution >= 4 is 17.2 Å². The maximum absolute atomic E-state index is 11.8. The lowest BCUT2D eigenvalue weighted by molar-refractivity contribution is -0.122. The van der Waals surface area contributed by atoms with Gasteiger partial charge in [0.1, 0.15) is 0 Å². The molecule has 1 amide bonds. The zero-order valence-corrected chi connectivity index (χ0v) is 14.1. The zero-order valence-electron chi connectivity index (χ0n) is 13.3. The molecule has 1 rings (SSSR count). The van der Waals surface area contributed by atoms with Crippen molar-refractivity contribution in [2.45, 2.75) is 59.6 Å². The van der Waals surface area contributed by atoms with Crippen molar-refractivity contribution in [3.05, 3.63) is 20.2 Å². The van der Waals surface area contributed by atoms with E-state index < -0.39 is 6.10 Å². The number of aromatic nitrogens is 1. The Morgan fingerprint density at radius 1 is 1.33 bits per heavy atom. The first-order valence-electron chi connectivity index (χ1n) is 7.52. The van der Waals surface area contributed by atoms with E-state index in [4.69, 9.17) is 0 Å². The highest BCUT2D eigenvalue weighted by Gasteiger charge is 2.16. The standard InChI is InChI=1S/C15H26N2O3S/c1-5-12(6-2)13(18)9-16-14(19)7-8-17-10(3)11(4)21-15(17)20/h12-13,18H,5-9H2,1-4H3,(H,16,19). The number of hydrogen-bond acceptors (Lipinski definition) is 4. The third kappa shape index (κ3) is 4.97. The van der Waals surface area contributed by atoms with Gasteiger partial charge in [-0.3, -0.25) is 9.59 Å². The second kappa shape index (κ2) is 8.34. The first-order valence-corrected chi connectivity index (χ1v) is 8.33. The molecule has 0 aliphatic carbocycles. The van der Waals surface area contributed by atoms with E-state index in [-0.39, 0.29) is 29.7 Å². The molecule has 21 heavy (non-hydrogen) atoms. The van der Waals surface area contributed by atoms with Crippen LogP contribution in [0, 0.1) is 19.8 Å². The average Bonchev–Trinajstić information content (AvgIpc) is 2.69. The van der Waals surface area contributed by atoms with Crippen molar-refractivity contribution in [1.82, 2.24) is 9.88 Å². The van der Waals surface area contributed by atoms with Crippen LogP contribution in [0.25, 0.3) is 0 Å². The second-order valence-corrected chi connectivity index (χ2v) is 6.52. The predicted octanol–water partition coefficient (Wildman–Crippen LogP) is 1.83. The van der Waals surface area contributed by atoms with Gasteiger partial charge in [-0.2, -0.15) is 0 Å². The molecule has 1 atom stereocenters. The topological polar surface area (TPSA) is 71.3 Å². The normalized spacial score (nSPS) is 12.7. The number of aryl methyl sites for hydroxylation is 1. The molecule has 0 aromatic carbocycles.